The third kappa shape index (κ3) is 9.19. The van der Waals surface area contributed by atoms with Crippen molar-refractivity contribution in [2.45, 2.75) is 70.1 Å². The van der Waals surface area contributed by atoms with Gasteiger partial charge in [-0.05, 0) is 18.6 Å². The number of hydrogen-bond donors (Lipinski definition) is 2. The van der Waals surface area contributed by atoms with Crippen LogP contribution in [0.1, 0.15) is 85.4 Å². The molecule has 1 aromatic rings. The number of ketones is 1. The molecule has 1 aromatic carbocycles. The van der Waals surface area contributed by atoms with Gasteiger partial charge in [0.2, 0.25) is 5.44 Å². The van der Waals surface area contributed by atoms with Crippen LogP contribution in [0, 0.1) is 0 Å². The van der Waals surface area contributed by atoms with Gasteiger partial charge in [0.25, 0.3) is 0 Å². The van der Waals surface area contributed by atoms with Crippen molar-refractivity contribution in [1.29, 1.82) is 0 Å². The van der Waals surface area contributed by atoms with Gasteiger partial charge >= 0.3 is 22.1 Å². The molecule has 0 aliphatic heterocycles. The zero-order valence-corrected chi connectivity index (χ0v) is 17.3. The molecule has 1 rings (SSSR count). The Balaban J connectivity index is 2.64. The molecule has 0 fully saturated rings. The van der Waals surface area contributed by atoms with E-state index in [1.54, 1.807) is 0 Å². The molecule has 0 aromatic heterocycles. The molecule has 0 bridgehead atoms. The van der Waals surface area contributed by atoms with E-state index in [4.69, 9.17) is 9.84 Å². The number of esters is 1. The van der Waals surface area contributed by atoms with Gasteiger partial charge in [0.1, 0.15) is 5.78 Å². The summed E-state index contributed by atoms with van der Waals surface area (Å²) >= 11 is 0. The van der Waals surface area contributed by atoms with Crippen LogP contribution in [-0.2, 0) is 19.6 Å². The molecule has 0 aliphatic carbocycles. The van der Waals surface area contributed by atoms with Crippen LogP contribution >= 0.6 is 0 Å². The van der Waals surface area contributed by atoms with Gasteiger partial charge in [-0.1, -0.05) is 57.6 Å². The number of Topliss-reactive ketones (excluding diaryl/α,β-unsaturated/α-hetero) is 1. The molecule has 0 spiro atoms. The summed E-state index contributed by atoms with van der Waals surface area (Å²) in [4.78, 5) is 35.5. The maximum Gasteiger partial charge on any atom is 0.340 e. The zero-order chi connectivity index (χ0) is 21.9. The summed E-state index contributed by atoms with van der Waals surface area (Å²) in [5.74, 6) is -3.09. The summed E-state index contributed by atoms with van der Waals surface area (Å²) in [5.41, 5.74) is -2.82. The van der Waals surface area contributed by atoms with Crippen molar-refractivity contribution in [1.82, 2.24) is 0 Å². The molecule has 0 heterocycles. The second-order valence-corrected chi connectivity index (χ2v) is 8.37. The first-order valence-electron chi connectivity index (χ1n) is 9.68. The fourth-order valence-corrected chi connectivity index (χ4v) is 3.41. The number of ether oxygens (including phenoxy) is 1. The monoisotopic (exact) mass is 428 g/mol. The molecule has 1 unspecified atom stereocenters. The molecule has 0 radical (unpaired) electrons. The summed E-state index contributed by atoms with van der Waals surface area (Å²) < 4.78 is 37.2. The summed E-state index contributed by atoms with van der Waals surface area (Å²) in [5, 5.41) is 9.11. The molecule has 0 amide bonds. The fraction of sp³-hybridized carbons (Fsp3) is 0.550. The van der Waals surface area contributed by atoms with Crippen LogP contribution in [0.4, 0.5) is 0 Å². The van der Waals surface area contributed by atoms with Crippen molar-refractivity contribution in [2.75, 3.05) is 0 Å². The van der Waals surface area contributed by atoms with Crippen LogP contribution in [0.25, 0.3) is 0 Å². The van der Waals surface area contributed by atoms with Crippen molar-refractivity contribution < 1.29 is 37.2 Å². The number of aromatic carboxylic acids is 1. The predicted molar refractivity (Wildman–Crippen MR) is 106 cm³/mol. The highest BCUT2D eigenvalue weighted by Gasteiger charge is 2.31. The van der Waals surface area contributed by atoms with E-state index in [0.29, 0.717) is 6.42 Å². The second-order valence-electron chi connectivity index (χ2n) is 6.81. The highest BCUT2D eigenvalue weighted by molar-refractivity contribution is 7.86. The van der Waals surface area contributed by atoms with E-state index < -0.39 is 39.7 Å². The lowest BCUT2D eigenvalue weighted by atomic mass is 10.1. The van der Waals surface area contributed by atoms with Gasteiger partial charge in [-0.15, -0.1) is 0 Å². The zero-order valence-electron chi connectivity index (χ0n) is 16.5. The number of unbranched alkanes of at least 4 members (excludes halogenated alkanes) is 6. The van der Waals surface area contributed by atoms with Crippen LogP contribution < -0.4 is 0 Å². The second kappa shape index (κ2) is 12.3. The minimum atomic E-state index is -4.85. The Morgan fingerprint density at radius 2 is 1.52 bits per heavy atom. The normalized spacial score (nSPS) is 12.3. The molecule has 0 saturated heterocycles. The van der Waals surface area contributed by atoms with Crippen LogP contribution in [-0.4, -0.2) is 41.2 Å². The standard InChI is InChI=1S/C20H28O8S/c1-2-3-4-5-6-7-8-11-15(21)14-18(29(25,26)27)28-20(24)17-13-10-9-12-16(17)19(22)23/h9-10,12-13,18H,2-8,11,14H2,1H3,(H,22,23)(H,25,26,27). The lowest BCUT2D eigenvalue weighted by Crippen LogP contribution is -2.30. The molecule has 0 saturated carbocycles. The van der Waals surface area contributed by atoms with Crippen molar-refractivity contribution in [3.05, 3.63) is 35.4 Å². The molecule has 2 N–H and O–H groups in total. The van der Waals surface area contributed by atoms with E-state index in [9.17, 15) is 27.4 Å². The van der Waals surface area contributed by atoms with Crippen LogP contribution in [0.15, 0.2) is 24.3 Å². The van der Waals surface area contributed by atoms with E-state index in [1.807, 2.05) is 0 Å². The number of carbonyl (C=O) groups is 3. The third-order valence-electron chi connectivity index (χ3n) is 4.40. The number of carboxylic acid groups (broad SMARTS) is 1. The predicted octanol–water partition coefficient (Wildman–Crippen LogP) is 3.86. The van der Waals surface area contributed by atoms with Gasteiger partial charge in [0, 0.05) is 6.42 Å². The van der Waals surface area contributed by atoms with Gasteiger partial charge in [0.05, 0.1) is 17.5 Å². The van der Waals surface area contributed by atoms with Gasteiger partial charge in [0.15, 0.2) is 0 Å². The third-order valence-corrected chi connectivity index (χ3v) is 5.33. The van der Waals surface area contributed by atoms with Gasteiger partial charge in [-0.3, -0.25) is 9.35 Å². The minimum Gasteiger partial charge on any atom is -0.478 e. The summed E-state index contributed by atoms with van der Waals surface area (Å²) in [7, 11) is -4.85. The van der Waals surface area contributed by atoms with E-state index in [-0.39, 0.29) is 17.5 Å². The molecule has 162 valence electrons. The molecule has 1 atom stereocenters. The Morgan fingerprint density at radius 3 is 2.07 bits per heavy atom. The largest absolute Gasteiger partial charge is 0.478 e. The van der Waals surface area contributed by atoms with Crippen LogP contribution in [0.2, 0.25) is 0 Å². The molecule has 29 heavy (non-hydrogen) atoms. The van der Waals surface area contributed by atoms with Crippen molar-refractivity contribution in [3.63, 3.8) is 0 Å². The highest BCUT2D eigenvalue weighted by Crippen LogP contribution is 2.17. The Bertz CT molecular complexity index is 800. The van der Waals surface area contributed by atoms with Gasteiger partial charge < -0.3 is 9.84 Å². The first-order chi connectivity index (χ1) is 13.7. The van der Waals surface area contributed by atoms with Gasteiger partial charge in [-0.2, -0.15) is 8.42 Å². The van der Waals surface area contributed by atoms with Gasteiger partial charge in [-0.25, -0.2) is 9.59 Å². The summed E-state index contributed by atoms with van der Waals surface area (Å²) in [6, 6.07) is 5.10. The quantitative estimate of drug-likeness (QED) is 0.259. The maximum atomic E-state index is 12.2. The van der Waals surface area contributed by atoms with E-state index in [1.165, 1.54) is 18.6 Å². The number of benzene rings is 1. The van der Waals surface area contributed by atoms with E-state index >= 15 is 0 Å². The lowest BCUT2D eigenvalue weighted by molar-refractivity contribution is -0.120. The fourth-order valence-electron chi connectivity index (χ4n) is 2.81. The van der Waals surface area contributed by atoms with Crippen LogP contribution in [0.3, 0.4) is 0 Å². The van der Waals surface area contributed by atoms with E-state index in [0.717, 1.165) is 44.2 Å². The number of hydrogen-bond acceptors (Lipinski definition) is 6. The van der Waals surface area contributed by atoms with Crippen molar-refractivity contribution >= 4 is 27.8 Å². The average Bonchev–Trinajstić information content (AvgIpc) is 2.65. The first-order valence-corrected chi connectivity index (χ1v) is 11.2. The van der Waals surface area contributed by atoms with E-state index in [2.05, 4.69) is 6.92 Å². The number of rotatable bonds is 14. The SMILES string of the molecule is CCCCCCCCCC(=O)CC(OC(=O)c1ccccc1C(=O)O)S(=O)(=O)O. The summed E-state index contributed by atoms with van der Waals surface area (Å²) in [6.45, 7) is 2.12. The van der Waals surface area contributed by atoms with Crippen LogP contribution in [0.5, 0.6) is 0 Å². The Morgan fingerprint density at radius 1 is 0.966 bits per heavy atom. The Kier molecular flexibility index (Phi) is 10.5. The smallest absolute Gasteiger partial charge is 0.340 e. The molecule has 8 nitrogen and oxygen atoms in total. The van der Waals surface area contributed by atoms with Crippen molar-refractivity contribution in [2.24, 2.45) is 0 Å². The lowest BCUT2D eigenvalue weighted by Gasteiger charge is -2.15. The first kappa shape index (κ1) is 24.8. The minimum absolute atomic E-state index is 0.114. The topological polar surface area (TPSA) is 135 Å². The van der Waals surface area contributed by atoms with Crippen molar-refractivity contribution in [3.8, 4) is 0 Å². The highest BCUT2D eigenvalue weighted by atomic mass is 32.2. The summed E-state index contributed by atoms with van der Waals surface area (Å²) in [6.07, 6.45) is 6.36. The maximum absolute atomic E-state index is 12.2. The molecule has 9 heteroatoms. The average molecular weight is 429 g/mol. The Labute approximate surface area is 171 Å². The molecule has 0 aliphatic rings. The number of carbonyl (C=O) groups excluding carboxylic acids is 2. The number of carboxylic acids is 1. The molecular weight excluding hydrogens is 400 g/mol. The Hall–Kier alpha value is -2.26. The molecular formula is C20H28O8S.